The molecular formula is C21H24N2O4S. The largest absolute Gasteiger partial charge is 0.322 e. The van der Waals surface area contributed by atoms with Gasteiger partial charge in [-0.25, -0.2) is 8.42 Å². The molecule has 6 nitrogen and oxygen atoms in total. The Morgan fingerprint density at radius 2 is 1.86 bits per heavy atom. The Bertz CT molecular complexity index is 1000. The molecule has 1 aliphatic rings. The Labute approximate surface area is 165 Å². The summed E-state index contributed by atoms with van der Waals surface area (Å²) in [5.41, 5.74) is 1.72. The van der Waals surface area contributed by atoms with E-state index in [-0.39, 0.29) is 29.0 Å². The summed E-state index contributed by atoms with van der Waals surface area (Å²) in [6.07, 6.45) is 2.00. The minimum Gasteiger partial charge on any atom is -0.322 e. The van der Waals surface area contributed by atoms with Crippen molar-refractivity contribution in [3.63, 3.8) is 0 Å². The van der Waals surface area contributed by atoms with Crippen LogP contribution in [0.2, 0.25) is 0 Å². The SMILES string of the molecule is CCC(C)C1C(=O)Nc2cc(S(C)(=O)=O)ccc2N1C(=O)Cc1ccccc1. The first-order valence-electron chi connectivity index (χ1n) is 9.23. The number of nitrogens with zero attached hydrogens (tertiary/aromatic N) is 1. The third-order valence-electron chi connectivity index (χ3n) is 5.11. The van der Waals surface area contributed by atoms with Gasteiger partial charge >= 0.3 is 0 Å². The fourth-order valence-electron chi connectivity index (χ4n) is 3.41. The van der Waals surface area contributed by atoms with Crippen molar-refractivity contribution in [2.45, 2.75) is 37.6 Å². The van der Waals surface area contributed by atoms with Crippen LogP contribution in [0.5, 0.6) is 0 Å². The first-order chi connectivity index (χ1) is 13.2. The van der Waals surface area contributed by atoms with Crippen molar-refractivity contribution in [2.24, 2.45) is 5.92 Å². The van der Waals surface area contributed by atoms with Gasteiger partial charge in [0.25, 0.3) is 0 Å². The molecule has 2 amide bonds. The van der Waals surface area contributed by atoms with Gasteiger partial charge in [-0.15, -0.1) is 0 Å². The molecule has 7 heteroatoms. The minimum atomic E-state index is -3.43. The lowest BCUT2D eigenvalue weighted by Gasteiger charge is -2.39. The maximum absolute atomic E-state index is 13.2. The van der Waals surface area contributed by atoms with E-state index in [0.717, 1.165) is 18.2 Å². The molecule has 0 spiro atoms. The number of carbonyl (C=O) groups excluding carboxylic acids is 2. The zero-order chi connectivity index (χ0) is 20.5. The van der Waals surface area contributed by atoms with Crippen LogP contribution in [0.3, 0.4) is 0 Å². The molecule has 148 valence electrons. The van der Waals surface area contributed by atoms with E-state index in [1.807, 2.05) is 44.2 Å². The molecule has 3 rings (SSSR count). The zero-order valence-corrected chi connectivity index (χ0v) is 17.0. The Morgan fingerprint density at radius 1 is 1.18 bits per heavy atom. The summed E-state index contributed by atoms with van der Waals surface area (Å²) in [5.74, 6) is -0.545. The number of hydrogen-bond acceptors (Lipinski definition) is 4. The van der Waals surface area contributed by atoms with E-state index in [2.05, 4.69) is 5.32 Å². The first kappa shape index (κ1) is 20.1. The molecule has 0 fully saturated rings. The summed E-state index contributed by atoms with van der Waals surface area (Å²) in [5, 5.41) is 2.79. The lowest BCUT2D eigenvalue weighted by Crippen LogP contribution is -2.54. The maximum atomic E-state index is 13.2. The predicted octanol–water partition coefficient (Wildman–Crippen LogP) is 3.03. The third kappa shape index (κ3) is 3.94. The lowest BCUT2D eigenvalue weighted by atomic mass is 9.93. The van der Waals surface area contributed by atoms with Gasteiger partial charge in [0.2, 0.25) is 11.8 Å². The smallest absolute Gasteiger partial charge is 0.247 e. The van der Waals surface area contributed by atoms with Crippen LogP contribution in [0.1, 0.15) is 25.8 Å². The molecule has 1 heterocycles. The number of amides is 2. The molecular weight excluding hydrogens is 376 g/mol. The summed E-state index contributed by atoms with van der Waals surface area (Å²) in [6.45, 7) is 3.91. The minimum absolute atomic E-state index is 0.0533. The third-order valence-corrected chi connectivity index (χ3v) is 6.22. The van der Waals surface area contributed by atoms with Crippen molar-refractivity contribution in [1.29, 1.82) is 0 Å². The van der Waals surface area contributed by atoms with E-state index in [0.29, 0.717) is 11.4 Å². The van der Waals surface area contributed by atoms with Gasteiger partial charge in [-0.2, -0.15) is 0 Å². The van der Waals surface area contributed by atoms with Crippen LogP contribution >= 0.6 is 0 Å². The number of rotatable bonds is 5. The molecule has 28 heavy (non-hydrogen) atoms. The lowest BCUT2D eigenvalue weighted by molar-refractivity contribution is -0.124. The van der Waals surface area contributed by atoms with Gasteiger partial charge < -0.3 is 5.32 Å². The fourth-order valence-corrected chi connectivity index (χ4v) is 4.06. The van der Waals surface area contributed by atoms with E-state index in [1.165, 1.54) is 17.0 Å². The van der Waals surface area contributed by atoms with Crippen LogP contribution in [0.4, 0.5) is 11.4 Å². The first-order valence-corrected chi connectivity index (χ1v) is 11.1. The van der Waals surface area contributed by atoms with Crippen LogP contribution in [0, 0.1) is 5.92 Å². The quantitative estimate of drug-likeness (QED) is 0.836. The molecule has 0 aromatic heterocycles. The van der Waals surface area contributed by atoms with Crippen molar-refractivity contribution in [1.82, 2.24) is 0 Å². The summed E-state index contributed by atoms with van der Waals surface area (Å²) >= 11 is 0. The Kier molecular flexibility index (Phi) is 5.56. The second kappa shape index (κ2) is 7.75. The molecule has 2 aromatic carbocycles. The Hall–Kier alpha value is -2.67. The molecule has 0 aliphatic carbocycles. The average Bonchev–Trinajstić information content (AvgIpc) is 2.65. The molecule has 2 unspecified atom stereocenters. The Morgan fingerprint density at radius 3 is 2.46 bits per heavy atom. The van der Waals surface area contributed by atoms with Gasteiger partial charge in [0, 0.05) is 6.26 Å². The van der Waals surface area contributed by atoms with E-state index in [9.17, 15) is 18.0 Å². The number of benzene rings is 2. The number of fused-ring (bicyclic) bond motifs is 1. The maximum Gasteiger partial charge on any atom is 0.247 e. The van der Waals surface area contributed by atoms with Gasteiger partial charge in [-0.1, -0.05) is 50.6 Å². The highest BCUT2D eigenvalue weighted by molar-refractivity contribution is 7.90. The van der Waals surface area contributed by atoms with Crippen LogP contribution in [0.15, 0.2) is 53.4 Å². The normalized spacial score (nSPS) is 17.6. The standard InChI is InChI=1S/C21H24N2O4S/c1-4-14(2)20-21(25)22-17-13-16(28(3,26)27)10-11-18(17)23(20)19(24)12-15-8-6-5-7-9-15/h5-11,13-14,20H,4,12H2,1-3H3,(H,22,25). The molecule has 2 atom stereocenters. The molecule has 0 saturated carbocycles. The Balaban J connectivity index is 2.07. The van der Waals surface area contributed by atoms with E-state index < -0.39 is 15.9 Å². The van der Waals surface area contributed by atoms with Crippen LogP contribution < -0.4 is 10.2 Å². The summed E-state index contributed by atoms with van der Waals surface area (Å²) in [7, 11) is -3.43. The van der Waals surface area contributed by atoms with E-state index >= 15 is 0 Å². The van der Waals surface area contributed by atoms with Crippen molar-refractivity contribution >= 4 is 33.0 Å². The fraction of sp³-hybridized carbons (Fsp3) is 0.333. The van der Waals surface area contributed by atoms with Gasteiger partial charge in [0.05, 0.1) is 22.7 Å². The van der Waals surface area contributed by atoms with Gasteiger partial charge in [0.15, 0.2) is 9.84 Å². The highest BCUT2D eigenvalue weighted by Crippen LogP contribution is 2.37. The van der Waals surface area contributed by atoms with Crippen LogP contribution in [-0.2, 0) is 25.8 Å². The van der Waals surface area contributed by atoms with Gasteiger partial charge in [-0.3, -0.25) is 14.5 Å². The van der Waals surface area contributed by atoms with Crippen molar-refractivity contribution < 1.29 is 18.0 Å². The number of anilines is 2. The van der Waals surface area contributed by atoms with Crippen LogP contribution in [-0.4, -0.2) is 32.5 Å². The number of sulfone groups is 1. The number of carbonyl (C=O) groups is 2. The second-order valence-electron chi connectivity index (χ2n) is 7.20. The van der Waals surface area contributed by atoms with Crippen LogP contribution in [0.25, 0.3) is 0 Å². The highest BCUT2D eigenvalue weighted by Gasteiger charge is 2.39. The number of hydrogen-bond donors (Lipinski definition) is 1. The number of nitrogens with one attached hydrogen (secondary N) is 1. The van der Waals surface area contributed by atoms with Crippen molar-refractivity contribution in [3.05, 3.63) is 54.1 Å². The zero-order valence-electron chi connectivity index (χ0n) is 16.2. The predicted molar refractivity (Wildman–Crippen MR) is 109 cm³/mol. The monoisotopic (exact) mass is 400 g/mol. The molecule has 0 bridgehead atoms. The van der Waals surface area contributed by atoms with E-state index in [1.54, 1.807) is 6.07 Å². The molecule has 2 aromatic rings. The highest BCUT2D eigenvalue weighted by atomic mass is 32.2. The van der Waals surface area contributed by atoms with Gasteiger partial charge in [-0.05, 0) is 29.7 Å². The molecule has 1 aliphatic heterocycles. The van der Waals surface area contributed by atoms with Crippen molar-refractivity contribution in [3.8, 4) is 0 Å². The second-order valence-corrected chi connectivity index (χ2v) is 9.21. The van der Waals surface area contributed by atoms with Crippen molar-refractivity contribution in [2.75, 3.05) is 16.5 Å². The molecule has 0 saturated heterocycles. The molecule has 0 radical (unpaired) electrons. The summed E-state index contributed by atoms with van der Waals surface area (Å²) in [4.78, 5) is 27.7. The van der Waals surface area contributed by atoms with Gasteiger partial charge in [0.1, 0.15) is 6.04 Å². The summed E-state index contributed by atoms with van der Waals surface area (Å²) in [6, 6.07) is 13.2. The summed E-state index contributed by atoms with van der Waals surface area (Å²) < 4.78 is 23.8. The topological polar surface area (TPSA) is 83.6 Å². The van der Waals surface area contributed by atoms with E-state index in [4.69, 9.17) is 0 Å². The molecule has 1 N–H and O–H groups in total. The average molecular weight is 401 g/mol.